The first-order valence-corrected chi connectivity index (χ1v) is 11.5. The van der Waals surface area contributed by atoms with Gasteiger partial charge in [-0.2, -0.15) is 0 Å². The summed E-state index contributed by atoms with van der Waals surface area (Å²) in [5.74, 6) is -0.296. The van der Waals surface area contributed by atoms with Gasteiger partial charge in [-0.15, -0.1) is 0 Å². The van der Waals surface area contributed by atoms with Gasteiger partial charge in [-0.1, -0.05) is 60.7 Å². The number of methoxy groups -OCH3 is 1. The van der Waals surface area contributed by atoms with Crippen molar-refractivity contribution in [3.8, 4) is 0 Å². The fraction of sp³-hybridized carbons (Fsp3) is 0.160. The van der Waals surface area contributed by atoms with Crippen molar-refractivity contribution in [3.63, 3.8) is 0 Å². The van der Waals surface area contributed by atoms with Crippen LogP contribution in [0.5, 0.6) is 0 Å². The zero-order chi connectivity index (χ0) is 19.7. The molecule has 0 bridgehead atoms. The van der Waals surface area contributed by atoms with E-state index in [-0.39, 0.29) is 5.97 Å². The molecule has 28 heavy (non-hydrogen) atoms. The second-order valence-corrected chi connectivity index (χ2v) is 10.2. The zero-order valence-corrected chi connectivity index (χ0v) is 17.1. The van der Waals surface area contributed by atoms with E-state index in [0.717, 1.165) is 19.0 Å². The predicted molar refractivity (Wildman–Crippen MR) is 120 cm³/mol. The molecule has 0 atom stereocenters. The zero-order valence-electron chi connectivity index (χ0n) is 16.2. The van der Waals surface area contributed by atoms with Crippen LogP contribution in [-0.2, 0) is 9.53 Å². The average Bonchev–Trinajstić information content (AvgIpc) is 2.78. The number of rotatable bonds is 8. The number of esters is 1. The third-order valence-electron chi connectivity index (χ3n) is 4.91. The van der Waals surface area contributed by atoms with Crippen LogP contribution in [-0.4, -0.2) is 19.2 Å². The minimum atomic E-state index is -1.77. The molecule has 0 fully saturated rings. The lowest BCUT2D eigenvalue weighted by molar-refractivity contribution is -0.134. The number of hydrogen-bond donors (Lipinski definition) is 0. The summed E-state index contributed by atoms with van der Waals surface area (Å²) in [6, 6.07) is 32.6. The third kappa shape index (κ3) is 4.58. The molecule has 0 aromatic heterocycles. The molecule has 0 aliphatic heterocycles. The topological polar surface area (TPSA) is 26.3 Å². The number of carbonyl (C=O) groups is 1. The Kier molecular flexibility index (Phi) is 7.17. The molecule has 0 N–H and O–H groups in total. The quantitative estimate of drug-likeness (QED) is 0.246. The predicted octanol–water partition coefficient (Wildman–Crippen LogP) is 4.49. The smallest absolute Gasteiger partial charge is 0.330 e. The third-order valence-corrected chi connectivity index (χ3v) is 9.44. The Morgan fingerprint density at radius 1 is 0.786 bits per heavy atom. The van der Waals surface area contributed by atoms with Crippen LogP contribution in [0.3, 0.4) is 0 Å². The summed E-state index contributed by atoms with van der Waals surface area (Å²) < 4.78 is 4.69. The van der Waals surface area contributed by atoms with Gasteiger partial charge >= 0.3 is 5.97 Å². The van der Waals surface area contributed by atoms with Gasteiger partial charge in [0, 0.05) is 6.08 Å². The van der Waals surface area contributed by atoms with Gasteiger partial charge in [0.05, 0.1) is 13.3 Å². The molecular formula is C25H26O2P+. The fourth-order valence-corrected chi connectivity index (χ4v) is 7.95. The second kappa shape index (κ2) is 10.0. The normalized spacial score (nSPS) is 11.5. The summed E-state index contributed by atoms with van der Waals surface area (Å²) in [4.78, 5) is 11.3. The van der Waals surface area contributed by atoms with Crippen molar-refractivity contribution < 1.29 is 9.53 Å². The Morgan fingerprint density at radius 2 is 1.21 bits per heavy atom. The first kappa shape index (κ1) is 20.0. The lowest BCUT2D eigenvalue weighted by atomic mass is 10.3. The number of hydrogen-bond acceptors (Lipinski definition) is 2. The largest absolute Gasteiger partial charge is 0.466 e. The van der Waals surface area contributed by atoms with Crippen LogP contribution in [0.15, 0.2) is 103 Å². The average molecular weight is 389 g/mol. The Hall–Kier alpha value is -2.70. The molecule has 142 valence electrons. The molecule has 0 heterocycles. The highest BCUT2D eigenvalue weighted by atomic mass is 31.2. The Morgan fingerprint density at radius 3 is 1.61 bits per heavy atom. The lowest BCUT2D eigenvalue weighted by Gasteiger charge is -2.27. The number of benzene rings is 3. The molecule has 0 saturated heterocycles. The van der Waals surface area contributed by atoms with Crippen molar-refractivity contribution in [2.75, 3.05) is 13.3 Å². The molecule has 0 saturated carbocycles. The molecule has 0 radical (unpaired) electrons. The minimum absolute atomic E-state index is 0.296. The molecule has 3 aromatic carbocycles. The van der Waals surface area contributed by atoms with Crippen molar-refractivity contribution in [3.05, 3.63) is 103 Å². The van der Waals surface area contributed by atoms with Gasteiger partial charge in [-0.05, 0) is 49.2 Å². The van der Waals surface area contributed by atoms with Crippen LogP contribution < -0.4 is 15.9 Å². The highest BCUT2D eigenvalue weighted by Crippen LogP contribution is 2.55. The monoisotopic (exact) mass is 389 g/mol. The standard InChI is InChI=1S/C25H26O2P/c1-27-25(26)20-12-5-13-21-28(22-14-6-2-7-15-22,23-16-8-3-9-17-23)24-18-10-4-11-19-24/h2-4,6-12,14-20H,5,13,21H2,1H3/q+1/b20-12+. The molecule has 0 aliphatic carbocycles. The summed E-state index contributed by atoms with van der Waals surface area (Å²) in [5, 5.41) is 4.18. The number of ether oxygens (including phenoxy) is 1. The Balaban J connectivity index is 2.01. The summed E-state index contributed by atoms with van der Waals surface area (Å²) in [6.45, 7) is 0. The fourth-order valence-electron chi connectivity index (χ4n) is 3.58. The lowest BCUT2D eigenvalue weighted by Crippen LogP contribution is -2.33. The first-order valence-electron chi connectivity index (χ1n) is 9.57. The minimum Gasteiger partial charge on any atom is -0.466 e. The van der Waals surface area contributed by atoms with Gasteiger partial charge in [0.2, 0.25) is 0 Å². The van der Waals surface area contributed by atoms with Crippen LogP contribution in [0.4, 0.5) is 0 Å². The summed E-state index contributed by atoms with van der Waals surface area (Å²) >= 11 is 0. The molecule has 3 heteroatoms. The summed E-state index contributed by atoms with van der Waals surface area (Å²) in [5.41, 5.74) is 0. The van der Waals surface area contributed by atoms with E-state index in [1.807, 2.05) is 6.08 Å². The van der Waals surface area contributed by atoms with Gasteiger partial charge in [0.1, 0.15) is 23.2 Å². The summed E-state index contributed by atoms with van der Waals surface area (Å²) in [7, 11) is -0.368. The summed E-state index contributed by atoms with van der Waals surface area (Å²) in [6.07, 6.45) is 6.34. The van der Waals surface area contributed by atoms with E-state index in [4.69, 9.17) is 0 Å². The first-order chi connectivity index (χ1) is 13.8. The van der Waals surface area contributed by atoms with E-state index in [0.29, 0.717) is 0 Å². The van der Waals surface area contributed by atoms with E-state index in [1.165, 1.54) is 29.1 Å². The maximum absolute atomic E-state index is 11.3. The number of allylic oxidation sites excluding steroid dienone is 1. The van der Waals surface area contributed by atoms with Gasteiger partial charge in [-0.3, -0.25) is 0 Å². The molecule has 3 aromatic rings. The van der Waals surface area contributed by atoms with Crippen molar-refractivity contribution in [2.24, 2.45) is 0 Å². The van der Waals surface area contributed by atoms with Crippen LogP contribution in [0, 0.1) is 0 Å². The highest BCUT2D eigenvalue weighted by Gasteiger charge is 2.44. The van der Waals surface area contributed by atoms with Gasteiger partial charge in [0.25, 0.3) is 0 Å². The van der Waals surface area contributed by atoms with Crippen LogP contribution in [0.25, 0.3) is 0 Å². The van der Waals surface area contributed by atoms with Crippen LogP contribution in [0.2, 0.25) is 0 Å². The van der Waals surface area contributed by atoms with Crippen LogP contribution in [0.1, 0.15) is 12.8 Å². The molecule has 0 aliphatic rings. The Bertz CT molecular complexity index is 793. The molecule has 3 rings (SSSR count). The van der Waals surface area contributed by atoms with E-state index in [1.54, 1.807) is 0 Å². The van der Waals surface area contributed by atoms with Gasteiger partial charge in [-0.25, -0.2) is 4.79 Å². The van der Waals surface area contributed by atoms with Crippen LogP contribution >= 0.6 is 7.26 Å². The molecule has 0 amide bonds. The van der Waals surface area contributed by atoms with Crippen molar-refractivity contribution in [2.45, 2.75) is 12.8 Å². The number of carbonyl (C=O) groups excluding carboxylic acids is 1. The van der Waals surface area contributed by atoms with Gasteiger partial charge < -0.3 is 4.74 Å². The van der Waals surface area contributed by atoms with E-state index in [2.05, 4.69) is 95.7 Å². The van der Waals surface area contributed by atoms with E-state index in [9.17, 15) is 4.79 Å². The maximum Gasteiger partial charge on any atom is 0.330 e. The Labute approximate surface area is 168 Å². The molecular weight excluding hydrogens is 363 g/mol. The van der Waals surface area contributed by atoms with E-state index < -0.39 is 7.26 Å². The molecule has 2 nitrogen and oxygen atoms in total. The highest BCUT2D eigenvalue weighted by molar-refractivity contribution is 7.95. The van der Waals surface area contributed by atoms with Gasteiger partial charge in [0.15, 0.2) is 0 Å². The maximum atomic E-state index is 11.3. The molecule has 0 unspecified atom stereocenters. The SMILES string of the molecule is COC(=O)/C=C/CCC[P+](c1ccccc1)(c1ccccc1)c1ccccc1. The van der Waals surface area contributed by atoms with Crippen molar-refractivity contribution in [1.82, 2.24) is 0 Å². The van der Waals surface area contributed by atoms with Crippen molar-refractivity contribution in [1.29, 1.82) is 0 Å². The number of unbranched alkanes of at least 4 members (excludes halogenated alkanes) is 1. The molecule has 0 spiro atoms. The van der Waals surface area contributed by atoms with Crippen molar-refractivity contribution >= 4 is 29.1 Å². The second-order valence-electron chi connectivity index (χ2n) is 6.61. The van der Waals surface area contributed by atoms with E-state index >= 15 is 0 Å².